The molecule has 0 aliphatic rings. The highest BCUT2D eigenvalue weighted by Crippen LogP contribution is 2.37. The lowest BCUT2D eigenvalue weighted by atomic mass is 10.1. The third kappa shape index (κ3) is 3.86. The second-order valence-corrected chi connectivity index (χ2v) is 5.89. The van der Waals surface area contributed by atoms with Gasteiger partial charge in [0, 0.05) is 14.8 Å². The molecule has 2 aromatic rings. The minimum atomic E-state index is -0.259. The Hall–Kier alpha value is -0.740. The summed E-state index contributed by atoms with van der Waals surface area (Å²) in [6.45, 7) is 0.473. The van der Waals surface area contributed by atoms with Crippen molar-refractivity contribution in [3.63, 3.8) is 0 Å². The summed E-state index contributed by atoms with van der Waals surface area (Å²) in [7, 11) is 0. The average molecular weight is 316 g/mol. The molecule has 2 rings (SSSR count). The molecule has 0 fully saturated rings. The molecule has 2 aromatic carbocycles. The molecule has 0 aliphatic carbocycles. The van der Waals surface area contributed by atoms with Crippen molar-refractivity contribution >= 4 is 35.0 Å². The summed E-state index contributed by atoms with van der Waals surface area (Å²) >= 11 is 13.6. The van der Waals surface area contributed by atoms with E-state index < -0.39 is 0 Å². The van der Waals surface area contributed by atoms with E-state index in [1.807, 2.05) is 0 Å². The van der Waals surface area contributed by atoms with Gasteiger partial charge in [0.05, 0.1) is 5.02 Å². The topological polar surface area (TPSA) is 26.0 Å². The molecule has 1 nitrogen and oxygen atoms in total. The highest BCUT2D eigenvalue weighted by atomic mass is 35.5. The maximum absolute atomic E-state index is 13.3. The molecule has 0 saturated carbocycles. The Morgan fingerprint density at radius 2 is 1.84 bits per heavy atom. The molecule has 5 heteroatoms. The van der Waals surface area contributed by atoms with Gasteiger partial charge in [0.2, 0.25) is 0 Å². The smallest absolute Gasteiger partial charge is 0.123 e. The Balaban J connectivity index is 2.34. The Morgan fingerprint density at radius 3 is 2.58 bits per heavy atom. The van der Waals surface area contributed by atoms with Crippen molar-refractivity contribution in [1.82, 2.24) is 0 Å². The lowest BCUT2D eigenvalue weighted by Gasteiger charge is -2.10. The summed E-state index contributed by atoms with van der Waals surface area (Å²) in [6, 6.07) is 9.96. The van der Waals surface area contributed by atoms with E-state index in [2.05, 4.69) is 0 Å². The monoisotopic (exact) mass is 315 g/mol. The number of hydrogen-bond acceptors (Lipinski definition) is 2. The maximum Gasteiger partial charge on any atom is 0.123 e. The predicted octanol–water partition coefficient (Wildman–Crippen LogP) is 4.78. The van der Waals surface area contributed by atoms with Gasteiger partial charge in [-0.15, -0.1) is 0 Å². The highest BCUT2D eigenvalue weighted by Gasteiger charge is 2.09. The lowest BCUT2D eigenvalue weighted by molar-refractivity contribution is 0.623. The van der Waals surface area contributed by atoms with Crippen molar-refractivity contribution in [2.75, 3.05) is 6.54 Å². The first-order valence-corrected chi connectivity index (χ1v) is 7.29. The Morgan fingerprint density at radius 1 is 1.05 bits per heavy atom. The van der Waals surface area contributed by atoms with E-state index >= 15 is 0 Å². The number of nitrogens with two attached hydrogens (primary N) is 1. The van der Waals surface area contributed by atoms with Gasteiger partial charge < -0.3 is 5.73 Å². The molecule has 0 aliphatic heterocycles. The van der Waals surface area contributed by atoms with Crippen LogP contribution in [0.3, 0.4) is 0 Å². The van der Waals surface area contributed by atoms with Crippen molar-refractivity contribution in [3.05, 3.63) is 57.8 Å². The zero-order valence-corrected chi connectivity index (χ0v) is 12.3. The molecule has 0 unspecified atom stereocenters. The van der Waals surface area contributed by atoms with Crippen molar-refractivity contribution in [3.8, 4) is 0 Å². The van der Waals surface area contributed by atoms with E-state index in [0.717, 1.165) is 15.4 Å². The molecule has 0 heterocycles. The third-order valence-electron chi connectivity index (χ3n) is 2.55. The van der Waals surface area contributed by atoms with E-state index in [-0.39, 0.29) is 5.82 Å². The fourth-order valence-corrected chi connectivity index (χ4v) is 3.16. The average Bonchev–Trinajstić information content (AvgIpc) is 2.37. The molecular formula is C14H12Cl2FNS. The van der Waals surface area contributed by atoms with E-state index in [4.69, 9.17) is 28.9 Å². The Bertz CT molecular complexity index is 590. The van der Waals surface area contributed by atoms with Gasteiger partial charge in [0.15, 0.2) is 0 Å². The molecule has 100 valence electrons. The molecule has 0 bridgehead atoms. The van der Waals surface area contributed by atoms with Crippen LogP contribution in [0.15, 0.2) is 46.2 Å². The summed E-state index contributed by atoms with van der Waals surface area (Å²) in [5.74, 6) is -0.259. The third-order valence-corrected chi connectivity index (χ3v) is 4.40. The Labute approximate surface area is 125 Å². The molecule has 0 aromatic heterocycles. The van der Waals surface area contributed by atoms with Crippen LogP contribution in [-0.4, -0.2) is 6.54 Å². The van der Waals surface area contributed by atoms with Crippen LogP contribution in [0.1, 0.15) is 5.56 Å². The summed E-state index contributed by atoms with van der Waals surface area (Å²) < 4.78 is 13.3. The molecule has 0 saturated heterocycles. The molecular weight excluding hydrogens is 304 g/mol. The first-order chi connectivity index (χ1) is 9.10. The van der Waals surface area contributed by atoms with E-state index in [1.54, 1.807) is 24.3 Å². The SMILES string of the molecule is NCCc1cc(F)ccc1Sc1cc(Cl)ccc1Cl. The van der Waals surface area contributed by atoms with Crippen LogP contribution < -0.4 is 5.73 Å². The number of rotatable bonds is 4. The summed E-state index contributed by atoms with van der Waals surface area (Å²) in [5.41, 5.74) is 6.43. The molecule has 0 amide bonds. The molecule has 0 atom stereocenters. The highest BCUT2D eigenvalue weighted by molar-refractivity contribution is 7.99. The standard InChI is InChI=1S/C14H12Cl2FNS/c15-10-1-3-12(16)14(8-10)19-13-4-2-11(17)7-9(13)5-6-18/h1-4,7-8H,5-6,18H2. The van der Waals surface area contributed by atoms with Gasteiger partial charge in [-0.05, 0) is 54.9 Å². The van der Waals surface area contributed by atoms with Gasteiger partial charge in [-0.3, -0.25) is 0 Å². The van der Waals surface area contributed by atoms with Crippen LogP contribution in [0.25, 0.3) is 0 Å². The van der Waals surface area contributed by atoms with E-state index in [9.17, 15) is 4.39 Å². The van der Waals surface area contributed by atoms with Crippen LogP contribution >= 0.6 is 35.0 Å². The van der Waals surface area contributed by atoms with Crippen molar-refractivity contribution in [2.45, 2.75) is 16.2 Å². The first kappa shape index (κ1) is 14.7. The van der Waals surface area contributed by atoms with Crippen LogP contribution in [0, 0.1) is 5.82 Å². The second-order valence-electron chi connectivity index (χ2n) is 3.97. The van der Waals surface area contributed by atoms with Gasteiger partial charge in [-0.1, -0.05) is 35.0 Å². The molecule has 19 heavy (non-hydrogen) atoms. The lowest BCUT2D eigenvalue weighted by Crippen LogP contribution is -2.04. The summed E-state index contributed by atoms with van der Waals surface area (Å²) in [4.78, 5) is 1.79. The quantitative estimate of drug-likeness (QED) is 0.878. The largest absolute Gasteiger partial charge is 0.330 e. The van der Waals surface area contributed by atoms with Gasteiger partial charge >= 0.3 is 0 Å². The Kier molecular flexibility index (Phi) is 5.11. The van der Waals surface area contributed by atoms with Crippen molar-refractivity contribution in [2.24, 2.45) is 5.73 Å². The van der Waals surface area contributed by atoms with Crippen LogP contribution in [-0.2, 0) is 6.42 Å². The minimum absolute atomic E-state index is 0.259. The number of halogens is 3. The zero-order chi connectivity index (χ0) is 13.8. The van der Waals surface area contributed by atoms with Gasteiger partial charge in [-0.2, -0.15) is 0 Å². The normalized spacial score (nSPS) is 10.7. The summed E-state index contributed by atoms with van der Waals surface area (Å²) in [6.07, 6.45) is 0.623. The van der Waals surface area contributed by atoms with Crippen LogP contribution in [0.2, 0.25) is 10.0 Å². The van der Waals surface area contributed by atoms with Gasteiger partial charge in [0.1, 0.15) is 5.82 Å². The fraction of sp³-hybridized carbons (Fsp3) is 0.143. The van der Waals surface area contributed by atoms with Gasteiger partial charge in [-0.25, -0.2) is 4.39 Å². The fourth-order valence-electron chi connectivity index (χ4n) is 1.67. The molecule has 2 N–H and O–H groups in total. The summed E-state index contributed by atoms with van der Waals surface area (Å²) in [5, 5.41) is 1.24. The number of benzene rings is 2. The zero-order valence-electron chi connectivity index (χ0n) is 10.00. The first-order valence-electron chi connectivity index (χ1n) is 5.71. The van der Waals surface area contributed by atoms with E-state index in [0.29, 0.717) is 23.0 Å². The van der Waals surface area contributed by atoms with E-state index in [1.165, 1.54) is 23.9 Å². The van der Waals surface area contributed by atoms with Crippen LogP contribution in [0.4, 0.5) is 4.39 Å². The number of hydrogen-bond donors (Lipinski definition) is 1. The van der Waals surface area contributed by atoms with Crippen LogP contribution in [0.5, 0.6) is 0 Å². The molecule has 0 spiro atoms. The maximum atomic E-state index is 13.3. The minimum Gasteiger partial charge on any atom is -0.330 e. The molecule has 0 radical (unpaired) electrons. The van der Waals surface area contributed by atoms with Gasteiger partial charge in [0.25, 0.3) is 0 Å². The van der Waals surface area contributed by atoms with Crippen molar-refractivity contribution in [1.29, 1.82) is 0 Å². The predicted molar refractivity (Wildman–Crippen MR) is 79.7 cm³/mol. The van der Waals surface area contributed by atoms with Crippen molar-refractivity contribution < 1.29 is 4.39 Å². The second kappa shape index (κ2) is 6.62.